The van der Waals surface area contributed by atoms with E-state index in [1.54, 1.807) is 54.6 Å². The van der Waals surface area contributed by atoms with Gasteiger partial charge in [0.25, 0.3) is 0 Å². The molecule has 2 aliphatic heterocycles. The molecule has 0 bridgehead atoms. The van der Waals surface area contributed by atoms with Crippen molar-refractivity contribution in [2.75, 3.05) is 13.2 Å². The van der Waals surface area contributed by atoms with E-state index in [4.69, 9.17) is 47.4 Å². The van der Waals surface area contributed by atoms with Gasteiger partial charge < -0.3 is 52.5 Å². The van der Waals surface area contributed by atoms with E-state index in [9.17, 15) is 24.3 Å². The van der Waals surface area contributed by atoms with Crippen LogP contribution in [0.5, 0.6) is 0 Å². The molecule has 0 saturated carbocycles. The second-order valence-corrected chi connectivity index (χ2v) is 16.7. The number of esters is 4. The normalized spacial score (nSPS) is 24.0. The quantitative estimate of drug-likeness (QED) is 0.0589. The van der Waals surface area contributed by atoms with E-state index in [0.29, 0.717) is 0 Å². The van der Waals surface area contributed by atoms with Crippen LogP contribution in [-0.2, 0) is 72.0 Å². The van der Waals surface area contributed by atoms with Gasteiger partial charge in [-0.3, -0.25) is 4.79 Å². The zero-order valence-corrected chi connectivity index (χ0v) is 38.8. The van der Waals surface area contributed by atoms with Gasteiger partial charge in [0.2, 0.25) is 0 Å². The van der Waals surface area contributed by atoms with E-state index in [2.05, 4.69) is 0 Å². The van der Waals surface area contributed by atoms with Crippen LogP contribution in [-0.4, -0.2) is 104 Å². The summed E-state index contributed by atoms with van der Waals surface area (Å²) in [7, 11) is 0. The lowest BCUT2D eigenvalue weighted by atomic mass is 9.97. The zero-order valence-electron chi connectivity index (χ0n) is 38.8. The number of rotatable bonds is 20. The summed E-state index contributed by atoms with van der Waals surface area (Å²) in [6.07, 6.45) is -14.1. The Kier molecular flexibility index (Phi) is 17.8. The number of aliphatic hydroxyl groups excluding tert-OH is 1. The van der Waals surface area contributed by atoms with Crippen molar-refractivity contribution in [1.82, 2.24) is 0 Å². The largest absolute Gasteiger partial charge is 0.454 e. The highest BCUT2D eigenvalue weighted by atomic mass is 16.7. The average molecular weight is 967 g/mol. The Hall–Kier alpha value is -7.08. The molecule has 0 unspecified atom stereocenters. The first-order valence-corrected chi connectivity index (χ1v) is 23.2. The lowest BCUT2D eigenvalue weighted by molar-refractivity contribution is -0.336. The second kappa shape index (κ2) is 25.2. The van der Waals surface area contributed by atoms with Gasteiger partial charge >= 0.3 is 23.9 Å². The standard InChI is InChI=1S/C56H54O15/c1-37(57)66-51-48(64-34-40-24-12-4-13-25-40)46(63-33-39-22-10-3-11-23-39)44(35-62-32-38-20-8-2-9-21-38)68-56(51)65-36-45-47(69-52(58)41-26-14-5-15-27-41)49(70-53(59)42-28-16-6-17-29-42)50(55(61)67-45)71-54(60)43-30-18-7-19-31-43/h2-31,44-51,55-56,61H,32-36H2,1H3/t44-,45-,46-,47-,48+,49+,50+,51+,55+,56+/m1/s1. The van der Waals surface area contributed by atoms with E-state index < -0.39 is 91.9 Å². The van der Waals surface area contributed by atoms with E-state index in [1.165, 1.54) is 43.3 Å². The summed E-state index contributed by atoms with van der Waals surface area (Å²) in [6, 6.07) is 52.5. The predicted molar refractivity (Wildman–Crippen MR) is 254 cm³/mol. The smallest absolute Gasteiger partial charge is 0.338 e. The summed E-state index contributed by atoms with van der Waals surface area (Å²) in [5.41, 5.74) is 2.97. The molecule has 0 spiro atoms. The number of hydrogen-bond donors (Lipinski definition) is 1. The minimum atomic E-state index is -1.97. The van der Waals surface area contributed by atoms with Crippen LogP contribution in [0.3, 0.4) is 0 Å². The highest BCUT2D eigenvalue weighted by Crippen LogP contribution is 2.34. The molecule has 10 atom stereocenters. The topological polar surface area (TPSA) is 181 Å². The fourth-order valence-corrected chi connectivity index (χ4v) is 8.17. The van der Waals surface area contributed by atoms with Crippen molar-refractivity contribution < 1.29 is 71.7 Å². The van der Waals surface area contributed by atoms with Gasteiger partial charge in [0, 0.05) is 6.92 Å². The van der Waals surface area contributed by atoms with E-state index >= 15 is 0 Å². The molecule has 8 rings (SSSR count). The summed E-state index contributed by atoms with van der Waals surface area (Å²) >= 11 is 0. The number of carbonyl (C=O) groups is 4. The Bertz CT molecular complexity index is 2590. The van der Waals surface area contributed by atoms with E-state index in [1.807, 2.05) is 91.0 Å². The van der Waals surface area contributed by atoms with Crippen LogP contribution < -0.4 is 0 Å². The molecule has 1 N–H and O–H groups in total. The first kappa shape index (κ1) is 50.3. The van der Waals surface area contributed by atoms with Gasteiger partial charge in [-0.05, 0) is 53.1 Å². The Balaban J connectivity index is 1.13. The molecule has 2 aliphatic rings. The molecule has 0 aliphatic carbocycles. The highest BCUT2D eigenvalue weighted by Gasteiger charge is 2.54. The molecular formula is C56H54O15. The Morgan fingerprint density at radius 1 is 0.408 bits per heavy atom. The second-order valence-electron chi connectivity index (χ2n) is 16.7. The summed E-state index contributed by atoms with van der Waals surface area (Å²) in [4.78, 5) is 54.6. The first-order chi connectivity index (χ1) is 34.7. The average Bonchev–Trinajstić information content (AvgIpc) is 3.40. The van der Waals surface area contributed by atoms with Crippen LogP contribution in [0.15, 0.2) is 182 Å². The molecule has 2 saturated heterocycles. The maximum atomic E-state index is 14.0. The van der Waals surface area contributed by atoms with Gasteiger partial charge in [-0.25, -0.2) is 14.4 Å². The molecule has 2 heterocycles. The van der Waals surface area contributed by atoms with Gasteiger partial charge in [0.1, 0.15) is 24.4 Å². The van der Waals surface area contributed by atoms with E-state index in [-0.39, 0.29) is 43.1 Å². The first-order valence-electron chi connectivity index (χ1n) is 23.2. The molecule has 71 heavy (non-hydrogen) atoms. The van der Waals surface area contributed by atoms with Gasteiger partial charge in [-0.1, -0.05) is 146 Å². The van der Waals surface area contributed by atoms with Crippen molar-refractivity contribution in [3.05, 3.63) is 215 Å². The van der Waals surface area contributed by atoms with Gasteiger partial charge in [0.15, 0.2) is 37.0 Å². The third-order valence-electron chi connectivity index (χ3n) is 11.6. The minimum Gasteiger partial charge on any atom is -0.454 e. The van der Waals surface area contributed by atoms with Crippen LogP contribution in [0, 0.1) is 0 Å². The summed E-state index contributed by atoms with van der Waals surface area (Å²) < 4.78 is 63.0. The minimum absolute atomic E-state index is 0.0336. The lowest BCUT2D eigenvalue weighted by Gasteiger charge is -2.46. The third-order valence-corrected chi connectivity index (χ3v) is 11.6. The van der Waals surface area contributed by atoms with Crippen LogP contribution >= 0.6 is 0 Å². The van der Waals surface area contributed by atoms with Crippen molar-refractivity contribution in [1.29, 1.82) is 0 Å². The SMILES string of the molecule is CC(=O)O[C@@H]1[C@@H](OC[C@H]2O[C@H](O)[C@@H](OC(=O)c3ccccc3)[C@@H](OC(=O)c3ccccc3)[C@@H]2OC(=O)c2ccccc2)O[C@H](COCc2ccccc2)[C@@H](OCc2ccccc2)[C@@H]1OCc1ccccc1. The third kappa shape index (κ3) is 13.8. The van der Waals surface area contributed by atoms with Crippen LogP contribution in [0.2, 0.25) is 0 Å². The van der Waals surface area contributed by atoms with Crippen molar-refractivity contribution in [2.45, 2.75) is 88.2 Å². The van der Waals surface area contributed by atoms with Crippen LogP contribution in [0.4, 0.5) is 0 Å². The fourth-order valence-electron chi connectivity index (χ4n) is 8.17. The molecule has 6 aromatic carbocycles. The molecule has 368 valence electrons. The monoisotopic (exact) mass is 966 g/mol. The number of benzene rings is 6. The molecule has 15 heteroatoms. The van der Waals surface area contributed by atoms with Gasteiger partial charge in [-0.15, -0.1) is 0 Å². The predicted octanol–water partition coefficient (Wildman–Crippen LogP) is 7.44. The summed E-state index contributed by atoms with van der Waals surface area (Å²) in [5.74, 6) is -3.30. The Morgan fingerprint density at radius 3 is 1.27 bits per heavy atom. The maximum Gasteiger partial charge on any atom is 0.338 e. The van der Waals surface area contributed by atoms with Gasteiger partial charge in [-0.2, -0.15) is 0 Å². The maximum absolute atomic E-state index is 14.0. The molecular weight excluding hydrogens is 913 g/mol. The van der Waals surface area contributed by atoms with Crippen molar-refractivity contribution in [3.8, 4) is 0 Å². The molecule has 0 aromatic heterocycles. The molecule has 15 nitrogen and oxygen atoms in total. The van der Waals surface area contributed by atoms with Gasteiger partial charge in [0.05, 0.1) is 49.7 Å². The fraction of sp³-hybridized carbons (Fsp3) is 0.286. The molecule has 6 aromatic rings. The molecule has 2 fully saturated rings. The number of aliphatic hydroxyl groups is 1. The van der Waals surface area contributed by atoms with E-state index in [0.717, 1.165) is 16.7 Å². The van der Waals surface area contributed by atoms with Crippen molar-refractivity contribution >= 4 is 23.9 Å². The Morgan fingerprint density at radius 2 is 0.803 bits per heavy atom. The summed E-state index contributed by atoms with van der Waals surface area (Å²) in [5, 5.41) is 11.8. The van der Waals surface area contributed by atoms with Crippen molar-refractivity contribution in [2.24, 2.45) is 0 Å². The van der Waals surface area contributed by atoms with Crippen molar-refractivity contribution in [3.63, 3.8) is 0 Å². The summed E-state index contributed by atoms with van der Waals surface area (Å²) in [6.45, 7) is 1.09. The highest BCUT2D eigenvalue weighted by molar-refractivity contribution is 5.91. The number of hydrogen-bond acceptors (Lipinski definition) is 15. The lowest BCUT2D eigenvalue weighted by Crippen LogP contribution is -2.64. The number of carbonyl (C=O) groups excluding carboxylic acids is 4. The van der Waals surface area contributed by atoms with Crippen LogP contribution in [0.25, 0.3) is 0 Å². The van der Waals surface area contributed by atoms with Crippen LogP contribution in [0.1, 0.15) is 54.7 Å². The zero-order chi connectivity index (χ0) is 49.4. The molecule has 0 amide bonds. The molecule has 0 radical (unpaired) electrons. The Labute approximate surface area is 411 Å². The number of ether oxygens (including phenoxy) is 10.